The van der Waals surface area contributed by atoms with Crippen LogP contribution in [0.3, 0.4) is 0 Å². The Morgan fingerprint density at radius 1 is 1.11 bits per heavy atom. The first-order chi connectivity index (χ1) is 13.8. The van der Waals surface area contributed by atoms with E-state index in [0.29, 0.717) is 29.6 Å². The van der Waals surface area contributed by atoms with E-state index in [1.165, 1.54) is 0 Å². The quantitative estimate of drug-likeness (QED) is 0.508. The lowest BCUT2D eigenvalue weighted by Gasteiger charge is -2.08. The van der Waals surface area contributed by atoms with Crippen molar-refractivity contribution in [2.45, 2.75) is 13.2 Å². The SMILES string of the molecule is O=C(NCc1ccccc1)c1cccc(OCc2nc(-c3ccsc3)no2)c1. The summed E-state index contributed by atoms with van der Waals surface area (Å²) in [6, 6.07) is 18.7. The maximum Gasteiger partial charge on any atom is 0.264 e. The number of thiophene rings is 1. The average molecular weight is 391 g/mol. The molecule has 7 heteroatoms. The number of nitrogens with one attached hydrogen (secondary N) is 1. The van der Waals surface area contributed by atoms with E-state index in [-0.39, 0.29) is 12.5 Å². The van der Waals surface area contributed by atoms with Gasteiger partial charge in [-0.1, -0.05) is 41.6 Å². The highest BCUT2D eigenvalue weighted by atomic mass is 32.1. The highest BCUT2D eigenvalue weighted by Crippen LogP contribution is 2.20. The average Bonchev–Trinajstić information content (AvgIpc) is 3.43. The molecule has 2 aromatic carbocycles. The van der Waals surface area contributed by atoms with E-state index in [1.807, 2.05) is 47.2 Å². The first-order valence-corrected chi connectivity index (χ1v) is 9.62. The fraction of sp³-hybridized carbons (Fsp3) is 0.0952. The van der Waals surface area contributed by atoms with E-state index >= 15 is 0 Å². The summed E-state index contributed by atoms with van der Waals surface area (Å²) in [5.74, 6) is 1.31. The van der Waals surface area contributed by atoms with Crippen LogP contribution < -0.4 is 10.1 Å². The number of nitrogens with zero attached hydrogens (tertiary/aromatic N) is 2. The highest BCUT2D eigenvalue weighted by Gasteiger charge is 2.11. The van der Waals surface area contributed by atoms with Crippen molar-refractivity contribution >= 4 is 17.2 Å². The molecule has 6 nitrogen and oxygen atoms in total. The monoisotopic (exact) mass is 391 g/mol. The van der Waals surface area contributed by atoms with Crippen LogP contribution in [0.25, 0.3) is 11.4 Å². The molecule has 2 aromatic heterocycles. The molecular weight excluding hydrogens is 374 g/mol. The topological polar surface area (TPSA) is 77.2 Å². The first-order valence-electron chi connectivity index (χ1n) is 8.68. The normalized spacial score (nSPS) is 10.6. The van der Waals surface area contributed by atoms with Gasteiger partial charge in [0.15, 0.2) is 6.61 Å². The standard InChI is InChI=1S/C21H17N3O3S/c25-21(22-12-15-5-2-1-3-6-15)16-7-4-8-18(11-16)26-13-19-23-20(24-27-19)17-9-10-28-14-17/h1-11,14H,12-13H2,(H,22,25). The third kappa shape index (κ3) is 4.44. The van der Waals surface area contributed by atoms with E-state index in [4.69, 9.17) is 9.26 Å². The maximum absolute atomic E-state index is 12.4. The number of hydrogen-bond donors (Lipinski definition) is 1. The Bertz CT molecular complexity index is 1050. The van der Waals surface area contributed by atoms with Crippen LogP contribution in [-0.2, 0) is 13.2 Å². The van der Waals surface area contributed by atoms with Gasteiger partial charge in [0.2, 0.25) is 5.82 Å². The second kappa shape index (κ2) is 8.49. The van der Waals surface area contributed by atoms with Gasteiger partial charge in [0.05, 0.1) is 0 Å². The van der Waals surface area contributed by atoms with Crippen molar-refractivity contribution < 1.29 is 14.1 Å². The minimum Gasteiger partial charge on any atom is -0.484 e. The van der Waals surface area contributed by atoms with E-state index in [2.05, 4.69) is 15.5 Å². The van der Waals surface area contributed by atoms with Crippen molar-refractivity contribution in [3.05, 3.63) is 88.4 Å². The van der Waals surface area contributed by atoms with Gasteiger partial charge in [-0.05, 0) is 35.2 Å². The second-order valence-electron chi connectivity index (χ2n) is 6.01. The van der Waals surface area contributed by atoms with Gasteiger partial charge in [-0.15, -0.1) is 0 Å². The minimum atomic E-state index is -0.160. The van der Waals surface area contributed by atoms with Crippen LogP contribution in [0.2, 0.25) is 0 Å². The molecule has 0 aliphatic carbocycles. The Hall–Kier alpha value is -3.45. The van der Waals surface area contributed by atoms with Crippen LogP contribution in [0.1, 0.15) is 21.8 Å². The van der Waals surface area contributed by atoms with E-state index in [1.54, 1.807) is 35.6 Å². The van der Waals surface area contributed by atoms with E-state index < -0.39 is 0 Å². The van der Waals surface area contributed by atoms with Crippen LogP contribution in [0.4, 0.5) is 0 Å². The van der Waals surface area contributed by atoms with Crippen LogP contribution in [0, 0.1) is 0 Å². The molecule has 0 bridgehead atoms. The van der Waals surface area contributed by atoms with Gasteiger partial charge in [0, 0.05) is 23.1 Å². The fourth-order valence-corrected chi connectivity index (χ4v) is 3.21. The van der Waals surface area contributed by atoms with Crippen LogP contribution >= 0.6 is 11.3 Å². The summed E-state index contributed by atoms with van der Waals surface area (Å²) < 4.78 is 10.9. The highest BCUT2D eigenvalue weighted by molar-refractivity contribution is 7.08. The van der Waals surface area contributed by atoms with E-state index in [0.717, 1.165) is 11.1 Å². The smallest absolute Gasteiger partial charge is 0.264 e. The van der Waals surface area contributed by atoms with Crippen molar-refractivity contribution in [1.29, 1.82) is 0 Å². The summed E-state index contributed by atoms with van der Waals surface area (Å²) in [6.45, 7) is 0.602. The number of amides is 1. The summed E-state index contributed by atoms with van der Waals surface area (Å²) in [4.78, 5) is 16.7. The molecule has 0 aliphatic heterocycles. The maximum atomic E-state index is 12.4. The summed E-state index contributed by atoms with van der Waals surface area (Å²) in [5.41, 5.74) is 2.48. The molecule has 0 fully saturated rings. The van der Waals surface area contributed by atoms with Gasteiger partial charge >= 0.3 is 0 Å². The van der Waals surface area contributed by atoms with Gasteiger partial charge < -0.3 is 14.6 Å². The minimum absolute atomic E-state index is 0.131. The molecule has 140 valence electrons. The molecule has 1 amide bonds. The largest absolute Gasteiger partial charge is 0.484 e. The molecular formula is C21H17N3O3S. The zero-order valence-electron chi connectivity index (χ0n) is 14.9. The molecule has 0 saturated carbocycles. The number of carbonyl (C=O) groups is 1. The Morgan fingerprint density at radius 2 is 2.00 bits per heavy atom. The van der Waals surface area contributed by atoms with Gasteiger partial charge in [0.25, 0.3) is 11.8 Å². The summed E-state index contributed by atoms with van der Waals surface area (Å²) in [6.07, 6.45) is 0. The zero-order chi connectivity index (χ0) is 19.2. The predicted octanol–water partition coefficient (Wildman–Crippen LogP) is 4.31. The van der Waals surface area contributed by atoms with Crippen molar-refractivity contribution in [2.24, 2.45) is 0 Å². The van der Waals surface area contributed by atoms with Crippen molar-refractivity contribution in [3.63, 3.8) is 0 Å². The summed E-state index contributed by atoms with van der Waals surface area (Å²) in [7, 11) is 0. The number of rotatable bonds is 7. The molecule has 28 heavy (non-hydrogen) atoms. The molecule has 2 heterocycles. The molecule has 0 unspecified atom stereocenters. The molecule has 4 aromatic rings. The second-order valence-corrected chi connectivity index (χ2v) is 6.79. The molecule has 0 radical (unpaired) electrons. The number of ether oxygens (including phenoxy) is 1. The van der Waals surface area contributed by atoms with E-state index in [9.17, 15) is 4.79 Å². The lowest BCUT2D eigenvalue weighted by molar-refractivity contribution is 0.0950. The lowest BCUT2D eigenvalue weighted by atomic mass is 10.2. The molecule has 0 aliphatic rings. The van der Waals surface area contributed by atoms with Crippen LogP contribution in [0.15, 0.2) is 75.9 Å². The molecule has 0 spiro atoms. The Kier molecular flexibility index (Phi) is 5.44. The third-order valence-electron chi connectivity index (χ3n) is 4.00. The van der Waals surface area contributed by atoms with Crippen LogP contribution in [-0.4, -0.2) is 16.0 Å². The Labute approximate surface area is 165 Å². The van der Waals surface area contributed by atoms with Gasteiger partial charge in [-0.3, -0.25) is 4.79 Å². The lowest BCUT2D eigenvalue weighted by Crippen LogP contribution is -2.22. The first kappa shape index (κ1) is 17.9. The number of carbonyl (C=O) groups excluding carboxylic acids is 1. The summed E-state index contributed by atoms with van der Waals surface area (Å²) >= 11 is 1.57. The Morgan fingerprint density at radius 3 is 2.82 bits per heavy atom. The molecule has 0 atom stereocenters. The number of aromatic nitrogens is 2. The zero-order valence-corrected chi connectivity index (χ0v) is 15.7. The van der Waals surface area contributed by atoms with Gasteiger partial charge in [0.1, 0.15) is 5.75 Å². The molecule has 0 saturated heterocycles. The van der Waals surface area contributed by atoms with Crippen LogP contribution in [0.5, 0.6) is 5.75 Å². The number of hydrogen-bond acceptors (Lipinski definition) is 6. The predicted molar refractivity (Wildman–Crippen MR) is 106 cm³/mol. The fourth-order valence-electron chi connectivity index (χ4n) is 2.57. The molecule has 1 N–H and O–H groups in total. The van der Waals surface area contributed by atoms with Crippen molar-refractivity contribution in [1.82, 2.24) is 15.5 Å². The van der Waals surface area contributed by atoms with Gasteiger partial charge in [-0.2, -0.15) is 16.3 Å². The Balaban J connectivity index is 1.35. The van der Waals surface area contributed by atoms with Crippen molar-refractivity contribution in [3.8, 4) is 17.1 Å². The number of benzene rings is 2. The van der Waals surface area contributed by atoms with Crippen molar-refractivity contribution in [2.75, 3.05) is 0 Å². The summed E-state index contributed by atoms with van der Waals surface area (Å²) in [5, 5.41) is 10.8. The molecule has 4 rings (SSSR count). The third-order valence-corrected chi connectivity index (χ3v) is 4.69. The van der Waals surface area contributed by atoms with Gasteiger partial charge in [-0.25, -0.2) is 0 Å².